The van der Waals surface area contributed by atoms with Crippen molar-refractivity contribution in [1.29, 1.82) is 0 Å². The summed E-state index contributed by atoms with van der Waals surface area (Å²) in [5.74, 6) is 1.31. The van der Waals surface area contributed by atoms with E-state index < -0.39 is 0 Å². The van der Waals surface area contributed by atoms with E-state index in [1.807, 2.05) is 32.9 Å². The first kappa shape index (κ1) is 19.1. The van der Waals surface area contributed by atoms with Crippen molar-refractivity contribution in [3.05, 3.63) is 58.1 Å². The van der Waals surface area contributed by atoms with Crippen LogP contribution >= 0.6 is 11.6 Å². The van der Waals surface area contributed by atoms with Crippen molar-refractivity contribution < 1.29 is 14.3 Å². The van der Waals surface area contributed by atoms with Crippen LogP contribution in [0.5, 0.6) is 11.5 Å². The molecule has 4 nitrogen and oxygen atoms in total. The topological polar surface area (TPSA) is 47.6 Å². The first-order valence-electron chi connectivity index (χ1n) is 8.31. The van der Waals surface area contributed by atoms with Gasteiger partial charge in [-0.2, -0.15) is 0 Å². The van der Waals surface area contributed by atoms with Crippen molar-refractivity contribution >= 4 is 17.5 Å². The number of methoxy groups -OCH3 is 1. The van der Waals surface area contributed by atoms with Crippen LogP contribution in [0.3, 0.4) is 0 Å². The van der Waals surface area contributed by atoms with Gasteiger partial charge in [-0.15, -0.1) is 0 Å². The Bertz CT molecular complexity index is 746. The van der Waals surface area contributed by atoms with E-state index in [0.717, 1.165) is 23.3 Å². The van der Waals surface area contributed by atoms with Gasteiger partial charge >= 0.3 is 0 Å². The van der Waals surface area contributed by atoms with Gasteiger partial charge in [0.15, 0.2) is 0 Å². The molecule has 0 aliphatic heterocycles. The van der Waals surface area contributed by atoms with Crippen LogP contribution in [-0.4, -0.2) is 19.1 Å². The number of hydrogen-bond acceptors (Lipinski definition) is 3. The largest absolute Gasteiger partial charge is 0.496 e. The Morgan fingerprint density at radius 3 is 2.64 bits per heavy atom. The molecule has 0 unspecified atom stereocenters. The van der Waals surface area contributed by atoms with Gasteiger partial charge in [-0.1, -0.05) is 18.5 Å². The van der Waals surface area contributed by atoms with Crippen LogP contribution in [0.2, 0.25) is 5.02 Å². The summed E-state index contributed by atoms with van der Waals surface area (Å²) in [7, 11) is 1.60. The lowest BCUT2D eigenvalue weighted by molar-refractivity contribution is 0.0939. The molecule has 0 aliphatic rings. The van der Waals surface area contributed by atoms with Crippen molar-refractivity contribution in [2.75, 3.05) is 7.11 Å². The third-order valence-electron chi connectivity index (χ3n) is 4.06. The highest BCUT2D eigenvalue weighted by molar-refractivity contribution is 6.31. The van der Waals surface area contributed by atoms with E-state index in [-0.39, 0.29) is 11.9 Å². The predicted octanol–water partition coefficient (Wildman–Crippen LogP) is 4.76. The summed E-state index contributed by atoms with van der Waals surface area (Å²) >= 11 is 6.03. The SMILES string of the molecule is CC[C@H](C)NC(=O)c1ccc(OC)c(COc2ccc(Cl)c(C)c2)c1. The van der Waals surface area contributed by atoms with Crippen molar-refractivity contribution in [2.24, 2.45) is 0 Å². The smallest absolute Gasteiger partial charge is 0.251 e. The van der Waals surface area contributed by atoms with Gasteiger partial charge in [-0.3, -0.25) is 4.79 Å². The van der Waals surface area contributed by atoms with E-state index in [1.165, 1.54) is 0 Å². The lowest BCUT2D eigenvalue weighted by Gasteiger charge is -2.14. The fourth-order valence-corrected chi connectivity index (χ4v) is 2.43. The quantitative estimate of drug-likeness (QED) is 0.773. The van der Waals surface area contributed by atoms with Crippen LogP contribution in [0, 0.1) is 6.92 Å². The summed E-state index contributed by atoms with van der Waals surface area (Å²) in [6.45, 7) is 6.24. The molecule has 134 valence electrons. The molecule has 2 rings (SSSR count). The number of ether oxygens (including phenoxy) is 2. The van der Waals surface area contributed by atoms with Crippen molar-refractivity contribution in [1.82, 2.24) is 5.32 Å². The molecule has 0 aliphatic carbocycles. The minimum Gasteiger partial charge on any atom is -0.496 e. The van der Waals surface area contributed by atoms with Crippen molar-refractivity contribution in [3.63, 3.8) is 0 Å². The summed E-state index contributed by atoms with van der Waals surface area (Å²) < 4.78 is 11.2. The van der Waals surface area contributed by atoms with Crippen molar-refractivity contribution in [3.8, 4) is 11.5 Å². The first-order chi connectivity index (χ1) is 11.9. The number of aryl methyl sites for hydroxylation is 1. The molecule has 0 bridgehead atoms. The number of halogens is 1. The zero-order valence-electron chi connectivity index (χ0n) is 15.1. The van der Waals surface area contributed by atoms with Gasteiger partial charge in [-0.25, -0.2) is 0 Å². The Morgan fingerprint density at radius 1 is 1.24 bits per heavy atom. The molecule has 0 radical (unpaired) electrons. The summed E-state index contributed by atoms with van der Waals surface area (Å²) in [5, 5.41) is 3.67. The average Bonchev–Trinajstić information content (AvgIpc) is 2.62. The van der Waals surface area contributed by atoms with Crippen molar-refractivity contribution in [2.45, 2.75) is 39.8 Å². The molecule has 0 spiro atoms. The number of amides is 1. The van der Waals surface area contributed by atoms with Gasteiger partial charge in [0.25, 0.3) is 5.91 Å². The van der Waals surface area contributed by atoms with E-state index in [9.17, 15) is 4.79 Å². The lowest BCUT2D eigenvalue weighted by atomic mass is 10.1. The second-order valence-electron chi connectivity index (χ2n) is 6.01. The molecule has 5 heteroatoms. The number of benzene rings is 2. The average molecular weight is 362 g/mol. The normalized spacial score (nSPS) is 11.7. The Labute approximate surface area is 154 Å². The molecule has 1 N–H and O–H groups in total. The number of hydrogen-bond donors (Lipinski definition) is 1. The number of carbonyl (C=O) groups excluding carboxylic acids is 1. The zero-order chi connectivity index (χ0) is 18.4. The maximum Gasteiger partial charge on any atom is 0.251 e. The van der Waals surface area contributed by atoms with E-state index in [1.54, 1.807) is 31.4 Å². The van der Waals surface area contributed by atoms with Gasteiger partial charge in [0.2, 0.25) is 0 Å². The molecule has 0 aromatic heterocycles. The van der Waals surface area contributed by atoms with Gasteiger partial charge in [0, 0.05) is 22.2 Å². The Balaban J connectivity index is 2.16. The first-order valence-corrected chi connectivity index (χ1v) is 8.69. The minimum atomic E-state index is -0.0967. The van der Waals surface area contributed by atoms with E-state index >= 15 is 0 Å². The van der Waals surface area contributed by atoms with Gasteiger partial charge in [-0.05, 0) is 62.2 Å². The van der Waals surface area contributed by atoms with Crippen LogP contribution in [-0.2, 0) is 6.61 Å². The van der Waals surface area contributed by atoms with Crippen LogP contribution < -0.4 is 14.8 Å². The molecule has 2 aromatic carbocycles. The van der Waals surface area contributed by atoms with Crippen LogP contribution in [0.15, 0.2) is 36.4 Å². The van der Waals surface area contributed by atoms with Crippen LogP contribution in [0.4, 0.5) is 0 Å². The van der Waals surface area contributed by atoms with Gasteiger partial charge < -0.3 is 14.8 Å². The molecule has 2 aromatic rings. The molecular formula is C20H24ClNO3. The molecule has 0 fully saturated rings. The Kier molecular flexibility index (Phi) is 6.71. The lowest BCUT2D eigenvalue weighted by Crippen LogP contribution is -2.31. The fraction of sp³-hybridized carbons (Fsp3) is 0.350. The van der Waals surface area contributed by atoms with Gasteiger partial charge in [0.1, 0.15) is 18.1 Å². The minimum absolute atomic E-state index is 0.0967. The summed E-state index contributed by atoms with van der Waals surface area (Å²) in [4.78, 5) is 12.3. The number of carbonyl (C=O) groups is 1. The van der Waals surface area contributed by atoms with E-state index in [0.29, 0.717) is 22.9 Å². The Morgan fingerprint density at radius 2 is 2.00 bits per heavy atom. The molecule has 0 saturated carbocycles. The Hall–Kier alpha value is -2.20. The maximum atomic E-state index is 12.3. The van der Waals surface area contributed by atoms with E-state index in [2.05, 4.69) is 5.32 Å². The van der Waals surface area contributed by atoms with Gasteiger partial charge in [0.05, 0.1) is 7.11 Å². The highest BCUT2D eigenvalue weighted by Gasteiger charge is 2.12. The highest BCUT2D eigenvalue weighted by Crippen LogP contribution is 2.25. The second-order valence-corrected chi connectivity index (χ2v) is 6.42. The van der Waals surface area contributed by atoms with Crippen LogP contribution in [0.25, 0.3) is 0 Å². The molecular weight excluding hydrogens is 338 g/mol. The third kappa shape index (κ3) is 5.13. The third-order valence-corrected chi connectivity index (χ3v) is 4.48. The summed E-state index contributed by atoms with van der Waals surface area (Å²) in [5.41, 5.74) is 2.35. The maximum absolute atomic E-state index is 12.3. The molecule has 1 amide bonds. The highest BCUT2D eigenvalue weighted by atomic mass is 35.5. The monoisotopic (exact) mass is 361 g/mol. The summed E-state index contributed by atoms with van der Waals surface area (Å²) in [6, 6.07) is 11.0. The van der Waals surface area contributed by atoms with E-state index in [4.69, 9.17) is 21.1 Å². The molecule has 0 heterocycles. The zero-order valence-corrected chi connectivity index (χ0v) is 15.8. The predicted molar refractivity (Wildman–Crippen MR) is 101 cm³/mol. The summed E-state index contributed by atoms with van der Waals surface area (Å²) in [6.07, 6.45) is 0.883. The number of nitrogens with one attached hydrogen (secondary N) is 1. The number of rotatable bonds is 7. The van der Waals surface area contributed by atoms with Crippen LogP contribution in [0.1, 0.15) is 41.8 Å². The molecule has 25 heavy (non-hydrogen) atoms. The molecule has 0 saturated heterocycles. The standard InChI is InChI=1S/C20H24ClNO3/c1-5-14(3)22-20(23)15-6-9-19(24-4)16(11-15)12-25-17-7-8-18(21)13(2)10-17/h6-11,14H,5,12H2,1-4H3,(H,22,23)/t14-/m0/s1. The molecule has 1 atom stereocenters. The second kappa shape index (κ2) is 8.77. The fourth-order valence-electron chi connectivity index (χ4n) is 2.31.